The average molecular weight is 265 g/mol. The fraction of sp³-hybridized carbons (Fsp3) is 0.700. The van der Waals surface area contributed by atoms with Crippen molar-refractivity contribution in [1.82, 2.24) is 15.0 Å². The van der Waals surface area contributed by atoms with E-state index in [2.05, 4.69) is 15.0 Å². The largest absolute Gasteiger partial charge is 0.461 e. The van der Waals surface area contributed by atoms with Crippen LogP contribution in [0.1, 0.15) is 43.9 Å². The molecular formula is C10H14F3N3O2. The van der Waals surface area contributed by atoms with Crippen LogP contribution in [0, 0.1) is 0 Å². The fourth-order valence-electron chi connectivity index (χ4n) is 1.34. The zero-order chi connectivity index (χ0) is 14.1. The third-order valence-electron chi connectivity index (χ3n) is 2.04. The molecule has 0 atom stereocenters. The molecule has 0 saturated heterocycles. The molecule has 0 aliphatic carbocycles. The molecule has 0 N–H and O–H groups in total. The standard InChI is InChI=1S/C10H14F3N3O2/c1-5-18-8(17)6-7(10(11,12)13)16(15-14-6)9(2,3)4/h5H2,1-4H3. The van der Waals surface area contributed by atoms with E-state index in [-0.39, 0.29) is 6.61 Å². The first-order valence-electron chi connectivity index (χ1n) is 5.29. The van der Waals surface area contributed by atoms with Crippen molar-refractivity contribution in [1.29, 1.82) is 0 Å². The van der Waals surface area contributed by atoms with Crippen molar-refractivity contribution in [3.05, 3.63) is 11.4 Å². The minimum atomic E-state index is -4.72. The quantitative estimate of drug-likeness (QED) is 0.769. The van der Waals surface area contributed by atoms with Crippen LogP contribution in [0.15, 0.2) is 0 Å². The van der Waals surface area contributed by atoms with Crippen molar-refractivity contribution in [2.45, 2.75) is 39.4 Å². The Labute approximate surface area is 102 Å². The summed E-state index contributed by atoms with van der Waals surface area (Å²) in [7, 11) is 0. The molecule has 0 unspecified atom stereocenters. The van der Waals surface area contributed by atoms with Crippen LogP contribution in [-0.2, 0) is 16.5 Å². The lowest BCUT2D eigenvalue weighted by atomic mass is 10.1. The van der Waals surface area contributed by atoms with Crippen LogP contribution < -0.4 is 0 Å². The number of aromatic nitrogens is 3. The van der Waals surface area contributed by atoms with Gasteiger partial charge in [-0.25, -0.2) is 9.48 Å². The lowest BCUT2D eigenvalue weighted by molar-refractivity contribution is -0.146. The summed E-state index contributed by atoms with van der Waals surface area (Å²) in [6.45, 7) is 6.07. The molecular weight excluding hydrogens is 251 g/mol. The number of alkyl halides is 3. The minimum absolute atomic E-state index is 0.0293. The summed E-state index contributed by atoms with van der Waals surface area (Å²) in [5.74, 6) is -1.12. The molecule has 0 radical (unpaired) electrons. The Bertz CT molecular complexity index is 446. The first-order chi connectivity index (χ1) is 8.09. The van der Waals surface area contributed by atoms with Crippen LogP contribution in [0.2, 0.25) is 0 Å². The maximum Gasteiger partial charge on any atom is 0.435 e. The van der Waals surface area contributed by atoms with E-state index in [1.54, 1.807) is 0 Å². The molecule has 18 heavy (non-hydrogen) atoms. The first-order valence-corrected chi connectivity index (χ1v) is 5.29. The molecule has 8 heteroatoms. The molecule has 1 heterocycles. The zero-order valence-electron chi connectivity index (χ0n) is 10.5. The number of carbonyl (C=O) groups is 1. The fourth-order valence-corrected chi connectivity index (χ4v) is 1.34. The molecule has 0 spiro atoms. The van der Waals surface area contributed by atoms with Crippen LogP contribution >= 0.6 is 0 Å². The monoisotopic (exact) mass is 265 g/mol. The van der Waals surface area contributed by atoms with Crippen molar-refractivity contribution in [2.24, 2.45) is 0 Å². The SMILES string of the molecule is CCOC(=O)c1nnn(C(C)(C)C)c1C(F)(F)F. The number of ether oxygens (including phenoxy) is 1. The Balaban J connectivity index is 3.39. The summed E-state index contributed by atoms with van der Waals surface area (Å²) >= 11 is 0. The molecule has 0 fully saturated rings. The van der Waals surface area contributed by atoms with Gasteiger partial charge in [0.1, 0.15) is 0 Å². The van der Waals surface area contributed by atoms with Crippen molar-refractivity contribution in [3.63, 3.8) is 0 Å². The second-order valence-electron chi connectivity index (χ2n) is 4.59. The molecule has 0 bridgehead atoms. The third kappa shape index (κ3) is 2.80. The molecule has 102 valence electrons. The van der Waals surface area contributed by atoms with E-state index in [0.29, 0.717) is 4.68 Å². The summed E-state index contributed by atoms with van der Waals surface area (Å²) < 4.78 is 44.1. The van der Waals surface area contributed by atoms with Gasteiger partial charge >= 0.3 is 12.1 Å². The van der Waals surface area contributed by atoms with E-state index >= 15 is 0 Å². The number of hydrogen-bond donors (Lipinski definition) is 0. The van der Waals surface area contributed by atoms with E-state index in [1.165, 1.54) is 27.7 Å². The number of rotatable bonds is 2. The molecule has 1 rings (SSSR count). The van der Waals surface area contributed by atoms with Gasteiger partial charge in [-0.15, -0.1) is 5.10 Å². The van der Waals surface area contributed by atoms with Crippen molar-refractivity contribution in [3.8, 4) is 0 Å². The lowest BCUT2D eigenvalue weighted by Gasteiger charge is -2.22. The Morgan fingerprint density at radius 2 is 1.89 bits per heavy atom. The predicted octanol–water partition coefficient (Wildman–Crippen LogP) is 2.23. The highest BCUT2D eigenvalue weighted by atomic mass is 19.4. The smallest absolute Gasteiger partial charge is 0.435 e. The van der Waals surface area contributed by atoms with Crippen LogP contribution in [0.25, 0.3) is 0 Å². The number of halogens is 3. The normalized spacial score (nSPS) is 12.6. The summed E-state index contributed by atoms with van der Waals surface area (Å²) in [6, 6.07) is 0. The first kappa shape index (κ1) is 14.5. The molecule has 0 aliphatic rings. The number of hydrogen-bond acceptors (Lipinski definition) is 4. The van der Waals surface area contributed by atoms with Gasteiger partial charge in [0.2, 0.25) is 5.69 Å². The van der Waals surface area contributed by atoms with Crippen LogP contribution in [0.3, 0.4) is 0 Å². The second-order valence-corrected chi connectivity index (χ2v) is 4.59. The van der Waals surface area contributed by atoms with Crippen LogP contribution in [0.4, 0.5) is 13.2 Å². The average Bonchev–Trinajstić information content (AvgIpc) is 2.60. The Hall–Kier alpha value is -1.60. The van der Waals surface area contributed by atoms with Crippen LogP contribution in [0.5, 0.6) is 0 Å². The van der Waals surface area contributed by atoms with Gasteiger partial charge in [-0.05, 0) is 27.7 Å². The van der Waals surface area contributed by atoms with Gasteiger partial charge in [0.05, 0.1) is 12.1 Å². The number of esters is 1. The van der Waals surface area contributed by atoms with Crippen molar-refractivity contribution >= 4 is 5.97 Å². The van der Waals surface area contributed by atoms with Gasteiger partial charge in [-0.3, -0.25) is 0 Å². The molecule has 0 aromatic carbocycles. The topological polar surface area (TPSA) is 57.0 Å². The highest BCUT2D eigenvalue weighted by Crippen LogP contribution is 2.34. The maximum absolute atomic E-state index is 13.0. The maximum atomic E-state index is 13.0. The van der Waals surface area contributed by atoms with Gasteiger partial charge in [0, 0.05) is 0 Å². The number of carbonyl (C=O) groups excluding carboxylic acids is 1. The second kappa shape index (κ2) is 4.58. The zero-order valence-corrected chi connectivity index (χ0v) is 10.5. The summed E-state index contributed by atoms with van der Waals surface area (Å²) in [5, 5.41) is 6.69. The van der Waals surface area contributed by atoms with Crippen LogP contribution in [-0.4, -0.2) is 27.6 Å². The molecule has 1 aromatic rings. The van der Waals surface area contributed by atoms with Crippen molar-refractivity contribution < 1.29 is 22.7 Å². The molecule has 0 amide bonds. The highest BCUT2D eigenvalue weighted by molar-refractivity contribution is 5.88. The molecule has 5 nitrogen and oxygen atoms in total. The number of nitrogens with zero attached hydrogens (tertiary/aromatic N) is 3. The Kier molecular flexibility index (Phi) is 3.68. The van der Waals surface area contributed by atoms with E-state index in [9.17, 15) is 18.0 Å². The van der Waals surface area contributed by atoms with E-state index in [1.807, 2.05) is 0 Å². The third-order valence-corrected chi connectivity index (χ3v) is 2.04. The highest BCUT2D eigenvalue weighted by Gasteiger charge is 2.44. The summed E-state index contributed by atoms with van der Waals surface area (Å²) in [4.78, 5) is 11.4. The van der Waals surface area contributed by atoms with Gasteiger partial charge in [-0.2, -0.15) is 13.2 Å². The van der Waals surface area contributed by atoms with Gasteiger partial charge in [0.15, 0.2) is 5.69 Å². The van der Waals surface area contributed by atoms with E-state index < -0.39 is 29.1 Å². The lowest BCUT2D eigenvalue weighted by Crippen LogP contribution is -2.30. The van der Waals surface area contributed by atoms with Gasteiger partial charge in [0.25, 0.3) is 0 Å². The van der Waals surface area contributed by atoms with Crippen molar-refractivity contribution in [2.75, 3.05) is 6.61 Å². The Morgan fingerprint density at radius 1 is 1.33 bits per heavy atom. The molecule has 0 saturated carbocycles. The molecule has 0 aliphatic heterocycles. The summed E-state index contributed by atoms with van der Waals surface area (Å²) in [6.07, 6.45) is -4.72. The van der Waals surface area contributed by atoms with Gasteiger partial charge in [-0.1, -0.05) is 5.21 Å². The predicted molar refractivity (Wildman–Crippen MR) is 56.0 cm³/mol. The Morgan fingerprint density at radius 3 is 2.28 bits per heavy atom. The minimum Gasteiger partial charge on any atom is -0.461 e. The van der Waals surface area contributed by atoms with Gasteiger partial charge < -0.3 is 4.74 Å². The summed E-state index contributed by atoms with van der Waals surface area (Å²) in [5.41, 5.74) is -2.93. The van der Waals surface area contributed by atoms with E-state index in [4.69, 9.17) is 0 Å². The molecule has 1 aromatic heterocycles. The van der Waals surface area contributed by atoms with E-state index in [0.717, 1.165) is 0 Å².